The zero-order valence-corrected chi connectivity index (χ0v) is 14.8. The smallest absolute Gasteiger partial charge is 0.240 e. The fourth-order valence-electron chi connectivity index (χ4n) is 3.18. The number of fused-ring (bicyclic) bond motifs is 1. The average molecular weight is 359 g/mol. The summed E-state index contributed by atoms with van der Waals surface area (Å²) in [4.78, 5) is 23.7. The Bertz CT molecular complexity index is 669. The Balaban J connectivity index is 1.32. The third-order valence-corrected chi connectivity index (χ3v) is 4.58. The molecule has 1 aliphatic heterocycles. The molecule has 26 heavy (non-hydrogen) atoms. The molecule has 2 aliphatic rings. The first kappa shape index (κ1) is 18.2. The number of benzene rings is 1. The van der Waals surface area contributed by atoms with Gasteiger partial charge in [-0.15, -0.1) is 0 Å². The molecular formula is C19H25N3O4. The van der Waals surface area contributed by atoms with E-state index in [0.29, 0.717) is 30.4 Å². The van der Waals surface area contributed by atoms with Crippen LogP contribution in [0.15, 0.2) is 23.3 Å². The van der Waals surface area contributed by atoms with Crippen LogP contribution in [0.25, 0.3) is 0 Å². The first-order chi connectivity index (χ1) is 12.7. The van der Waals surface area contributed by atoms with Crippen molar-refractivity contribution >= 4 is 18.0 Å². The highest BCUT2D eigenvalue weighted by atomic mass is 16.7. The van der Waals surface area contributed by atoms with Gasteiger partial charge in [0.15, 0.2) is 11.5 Å². The van der Waals surface area contributed by atoms with Gasteiger partial charge < -0.3 is 14.8 Å². The lowest BCUT2D eigenvalue weighted by atomic mass is 9.95. The third-order valence-electron chi connectivity index (χ3n) is 4.58. The topological polar surface area (TPSA) is 89.0 Å². The second-order valence-electron chi connectivity index (χ2n) is 6.66. The highest BCUT2D eigenvalue weighted by Gasteiger charge is 2.15. The van der Waals surface area contributed by atoms with Crippen LogP contribution in [0.1, 0.15) is 56.9 Å². The number of carbonyl (C=O) groups is 2. The predicted octanol–water partition coefficient (Wildman–Crippen LogP) is 2.48. The second kappa shape index (κ2) is 9.22. The molecule has 140 valence electrons. The van der Waals surface area contributed by atoms with Crippen molar-refractivity contribution in [3.8, 4) is 11.5 Å². The van der Waals surface area contributed by atoms with E-state index in [0.717, 1.165) is 18.4 Å². The van der Waals surface area contributed by atoms with Crippen LogP contribution >= 0.6 is 0 Å². The highest BCUT2D eigenvalue weighted by molar-refractivity contribution is 5.83. The average Bonchev–Trinajstić information content (AvgIpc) is 3.10. The summed E-state index contributed by atoms with van der Waals surface area (Å²) < 4.78 is 10.5. The van der Waals surface area contributed by atoms with Crippen molar-refractivity contribution in [2.24, 2.45) is 5.10 Å². The van der Waals surface area contributed by atoms with E-state index < -0.39 is 0 Å². The molecular weight excluding hydrogens is 334 g/mol. The largest absolute Gasteiger partial charge is 0.454 e. The highest BCUT2D eigenvalue weighted by Crippen LogP contribution is 2.31. The standard InChI is InChI=1S/C19H25N3O4/c23-18(21-15-5-2-1-3-6-15)7-4-8-19(24)22-20-12-14-9-10-16-17(11-14)26-13-25-16/h9-12,15H,1-8,13H2,(H,21,23)(H,22,24). The minimum absolute atomic E-state index is 0.0357. The molecule has 0 spiro atoms. The monoisotopic (exact) mass is 359 g/mol. The van der Waals surface area contributed by atoms with Crippen LogP contribution in [0, 0.1) is 0 Å². The van der Waals surface area contributed by atoms with Gasteiger partial charge in [-0.25, -0.2) is 5.43 Å². The van der Waals surface area contributed by atoms with Crippen molar-refractivity contribution in [2.75, 3.05) is 6.79 Å². The number of amides is 2. The van der Waals surface area contributed by atoms with Crippen molar-refractivity contribution in [2.45, 2.75) is 57.4 Å². The van der Waals surface area contributed by atoms with Crippen LogP contribution in [0.5, 0.6) is 11.5 Å². The molecule has 0 bridgehead atoms. The summed E-state index contributed by atoms with van der Waals surface area (Å²) in [5, 5.41) is 6.99. The fraction of sp³-hybridized carbons (Fsp3) is 0.526. The van der Waals surface area contributed by atoms with Gasteiger partial charge >= 0.3 is 0 Å². The van der Waals surface area contributed by atoms with Gasteiger partial charge in [0.25, 0.3) is 0 Å². The summed E-state index contributed by atoms with van der Waals surface area (Å²) in [7, 11) is 0. The Morgan fingerprint density at radius 2 is 1.85 bits per heavy atom. The summed E-state index contributed by atoms with van der Waals surface area (Å²) in [6.45, 7) is 0.223. The minimum Gasteiger partial charge on any atom is -0.454 e. The Kier molecular flexibility index (Phi) is 6.46. The molecule has 2 N–H and O–H groups in total. The molecule has 0 radical (unpaired) electrons. The lowest BCUT2D eigenvalue weighted by molar-refractivity contribution is -0.123. The van der Waals surface area contributed by atoms with E-state index in [4.69, 9.17) is 9.47 Å². The number of ether oxygens (including phenoxy) is 2. The van der Waals surface area contributed by atoms with E-state index in [1.54, 1.807) is 18.3 Å². The maximum absolute atomic E-state index is 11.9. The van der Waals surface area contributed by atoms with Crippen LogP contribution in [0.4, 0.5) is 0 Å². The van der Waals surface area contributed by atoms with E-state index >= 15 is 0 Å². The minimum atomic E-state index is -0.201. The SMILES string of the molecule is O=C(CCCC(=O)NC1CCCCC1)NN=Cc1ccc2c(c1)OCO2. The lowest BCUT2D eigenvalue weighted by Crippen LogP contribution is -2.36. The van der Waals surface area contributed by atoms with Crippen molar-refractivity contribution in [1.82, 2.24) is 10.7 Å². The molecule has 2 amide bonds. The van der Waals surface area contributed by atoms with Gasteiger partial charge in [-0.1, -0.05) is 19.3 Å². The molecule has 7 heteroatoms. The first-order valence-electron chi connectivity index (χ1n) is 9.21. The number of hydrogen-bond donors (Lipinski definition) is 2. The summed E-state index contributed by atoms with van der Waals surface area (Å²) in [5.74, 6) is 1.21. The van der Waals surface area contributed by atoms with Gasteiger partial charge in [-0.05, 0) is 43.0 Å². The maximum Gasteiger partial charge on any atom is 0.240 e. The van der Waals surface area contributed by atoms with Crippen molar-refractivity contribution in [3.63, 3.8) is 0 Å². The Morgan fingerprint density at radius 3 is 2.69 bits per heavy atom. The van der Waals surface area contributed by atoms with E-state index in [9.17, 15) is 9.59 Å². The lowest BCUT2D eigenvalue weighted by Gasteiger charge is -2.22. The molecule has 7 nitrogen and oxygen atoms in total. The molecule has 0 unspecified atom stereocenters. The van der Waals surface area contributed by atoms with E-state index in [2.05, 4.69) is 15.8 Å². The van der Waals surface area contributed by atoms with Gasteiger partial charge in [-0.2, -0.15) is 5.10 Å². The Morgan fingerprint density at radius 1 is 1.08 bits per heavy atom. The number of nitrogens with zero attached hydrogens (tertiary/aromatic N) is 1. The van der Waals surface area contributed by atoms with Gasteiger partial charge in [0.1, 0.15) is 0 Å². The maximum atomic E-state index is 11.9. The molecule has 1 aromatic rings. The number of nitrogens with one attached hydrogen (secondary N) is 2. The van der Waals surface area contributed by atoms with E-state index in [1.807, 2.05) is 6.07 Å². The third kappa shape index (κ3) is 5.47. The molecule has 1 fully saturated rings. The summed E-state index contributed by atoms with van der Waals surface area (Å²) >= 11 is 0. The molecule has 0 atom stereocenters. The first-order valence-corrected chi connectivity index (χ1v) is 9.21. The van der Waals surface area contributed by atoms with Crippen LogP contribution in [0.2, 0.25) is 0 Å². The van der Waals surface area contributed by atoms with E-state index in [1.165, 1.54) is 19.3 Å². The quantitative estimate of drug-likeness (QED) is 0.578. The van der Waals surface area contributed by atoms with Gasteiger partial charge in [-0.3, -0.25) is 9.59 Å². The molecule has 1 heterocycles. The number of rotatable bonds is 7. The van der Waals surface area contributed by atoms with E-state index in [-0.39, 0.29) is 25.0 Å². The molecule has 0 aromatic heterocycles. The van der Waals surface area contributed by atoms with Crippen molar-refractivity contribution < 1.29 is 19.1 Å². The fourth-order valence-corrected chi connectivity index (χ4v) is 3.18. The van der Waals surface area contributed by atoms with Crippen LogP contribution in [-0.4, -0.2) is 30.9 Å². The molecule has 1 saturated carbocycles. The van der Waals surface area contributed by atoms with Crippen molar-refractivity contribution in [1.29, 1.82) is 0 Å². The number of hydrazone groups is 1. The summed E-state index contributed by atoms with van der Waals surface area (Å²) in [6, 6.07) is 5.75. The molecule has 1 aliphatic carbocycles. The van der Waals surface area contributed by atoms with Crippen molar-refractivity contribution in [3.05, 3.63) is 23.8 Å². The number of hydrogen-bond acceptors (Lipinski definition) is 5. The molecule has 3 rings (SSSR count). The molecule has 0 saturated heterocycles. The summed E-state index contributed by atoms with van der Waals surface area (Å²) in [6.07, 6.45) is 8.50. The van der Waals surface area contributed by atoms with Crippen LogP contribution in [-0.2, 0) is 9.59 Å². The molecule has 1 aromatic carbocycles. The number of carbonyl (C=O) groups excluding carboxylic acids is 2. The normalized spacial score (nSPS) is 16.6. The van der Waals surface area contributed by atoms with Gasteiger partial charge in [0, 0.05) is 18.9 Å². The second-order valence-corrected chi connectivity index (χ2v) is 6.66. The van der Waals surface area contributed by atoms with Gasteiger partial charge in [0.05, 0.1) is 6.21 Å². The summed E-state index contributed by atoms with van der Waals surface area (Å²) in [5.41, 5.74) is 3.29. The zero-order chi connectivity index (χ0) is 18.2. The Labute approximate surface area is 153 Å². The van der Waals surface area contributed by atoms with Gasteiger partial charge in [0.2, 0.25) is 18.6 Å². The van der Waals surface area contributed by atoms with Crippen LogP contribution < -0.4 is 20.2 Å². The Hall–Kier alpha value is -2.57. The predicted molar refractivity (Wildman–Crippen MR) is 97.2 cm³/mol. The van der Waals surface area contributed by atoms with Crippen LogP contribution in [0.3, 0.4) is 0 Å². The zero-order valence-electron chi connectivity index (χ0n) is 14.8.